The first-order valence-electron chi connectivity index (χ1n) is 10.8. The number of aromatic nitrogens is 2. The number of nitrogens with zero attached hydrogens (tertiary/aromatic N) is 5. The maximum absolute atomic E-state index is 12.2. The number of likely N-dealkylation sites (N-methyl/N-ethyl adjacent to an activating group) is 1. The Balaban J connectivity index is 1.40. The minimum Gasteiger partial charge on any atom is -0.410 e. The molecule has 1 fully saturated rings. The maximum Gasteiger partial charge on any atom is 0.417 e. The summed E-state index contributed by atoms with van der Waals surface area (Å²) in [6, 6.07) is 14.3. The molecule has 1 saturated heterocycles. The number of hydrogen-bond acceptors (Lipinski definition) is 9. The maximum atomic E-state index is 12.2. The first-order chi connectivity index (χ1) is 16.4. The van der Waals surface area contributed by atoms with Gasteiger partial charge in [-0.1, -0.05) is 6.07 Å². The van der Waals surface area contributed by atoms with Gasteiger partial charge in [-0.15, -0.1) is 0 Å². The molecule has 0 saturated carbocycles. The average Bonchev–Trinajstić information content (AvgIpc) is 2.79. The van der Waals surface area contributed by atoms with Crippen LogP contribution in [0.25, 0.3) is 0 Å². The van der Waals surface area contributed by atoms with Gasteiger partial charge in [0.1, 0.15) is 23.2 Å². The van der Waals surface area contributed by atoms with E-state index in [1.165, 1.54) is 24.3 Å². The van der Waals surface area contributed by atoms with E-state index in [0.29, 0.717) is 17.3 Å². The Bertz CT molecular complexity index is 1180. The summed E-state index contributed by atoms with van der Waals surface area (Å²) in [6.07, 6.45) is -0.707. The normalized spacial score (nSPS) is 13.9. The van der Waals surface area contributed by atoms with Crippen molar-refractivity contribution in [2.24, 2.45) is 0 Å². The third-order valence-electron chi connectivity index (χ3n) is 5.29. The van der Waals surface area contributed by atoms with Crippen LogP contribution in [0.3, 0.4) is 0 Å². The first-order valence-corrected chi connectivity index (χ1v) is 10.8. The number of nitro groups is 1. The Morgan fingerprint density at radius 3 is 2.44 bits per heavy atom. The molecule has 0 spiro atoms. The zero-order valence-electron chi connectivity index (χ0n) is 18.9. The van der Waals surface area contributed by atoms with E-state index in [0.717, 1.165) is 37.7 Å². The van der Waals surface area contributed by atoms with E-state index in [4.69, 9.17) is 4.74 Å². The Hall–Kier alpha value is -4.25. The molecule has 176 valence electrons. The Kier molecular flexibility index (Phi) is 6.83. The van der Waals surface area contributed by atoms with Crippen LogP contribution in [0, 0.1) is 17.0 Å². The van der Waals surface area contributed by atoms with E-state index < -0.39 is 11.0 Å². The molecule has 1 aromatic heterocycles. The molecule has 1 amide bonds. The molecule has 2 N–H and O–H groups in total. The van der Waals surface area contributed by atoms with Gasteiger partial charge in [-0.3, -0.25) is 15.4 Å². The monoisotopic (exact) mass is 463 g/mol. The minimum absolute atomic E-state index is 0.0812. The molecule has 2 aromatic carbocycles. The number of carbonyl (C=O) groups excluding carboxylic acids is 1. The van der Waals surface area contributed by atoms with E-state index in [9.17, 15) is 14.9 Å². The second-order valence-corrected chi connectivity index (χ2v) is 7.92. The topological polar surface area (TPSA) is 126 Å². The molecule has 0 bridgehead atoms. The highest BCUT2D eigenvalue weighted by Crippen LogP contribution is 2.23. The van der Waals surface area contributed by atoms with Crippen LogP contribution < -0.4 is 20.3 Å². The highest BCUT2D eigenvalue weighted by atomic mass is 16.6. The van der Waals surface area contributed by atoms with Crippen molar-refractivity contribution in [2.45, 2.75) is 6.92 Å². The number of nitro benzene ring substituents is 1. The molecule has 2 heterocycles. The van der Waals surface area contributed by atoms with Crippen LogP contribution in [0.1, 0.15) is 5.82 Å². The van der Waals surface area contributed by atoms with Crippen LogP contribution in [-0.2, 0) is 0 Å². The van der Waals surface area contributed by atoms with Crippen molar-refractivity contribution >= 4 is 34.8 Å². The van der Waals surface area contributed by atoms with Gasteiger partial charge in [0.2, 0.25) is 0 Å². The lowest BCUT2D eigenvalue weighted by Gasteiger charge is -2.33. The van der Waals surface area contributed by atoms with Gasteiger partial charge in [0.25, 0.3) is 5.69 Å². The van der Waals surface area contributed by atoms with Crippen LogP contribution in [0.15, 0.2) is 54.6 Å². The van der Waals surface area contributed by atoms with Gasteiger partial charge in [0.15, 0.2) is 0 Å². The zero-order chi connectivity index (χ0) is 24.1. The van der Waals surface area contributed by atoms with Crippen LogP contribution in [0.2, 0.25) is 0 Å². The second-order valence-electron chi connectivity index (χ2n) is 7.92. The highest BCUT2D eigenvalue weighted by molar-refractivity contribution is 5.87. The van der Waals surface area contributed by atoms with Gasteiger partial charge in [-0.2, -0.15) is 0 Å². The third-order valence-corrected chi connectivity index (χ3v) is 5.29. The fourth-order valence-electron chi connectivity index (χ4n) is 3.52. The molecule has 0 radical (unpaired) electrons. The molecule has 4 rings (SSSR count). The molecule has 0 aliphatic carbocycles. The van der Waals surface area contributed by atoms with Gasteiger partial charge in [-0.05, 0) is 44.3 Å². The van der Waals surface area contributed by atoms with Crippen LogP contribution in [0.5, 0.6) is 5.75 Å². The minimum atomic E-state index is -0.707. The number of rotatable bonds is 6. The summed E-state index contributed by atoms with van der Waals surface area (Å²) in [5.41, 5.74) is 1.17. The smallest absolute Gasteiger partial charge is 0.410 e. The van der Waals surface area contributed by atoms with Crippen molar-refractivity contribution in [3.8, 4) is 5.75 Å². The molecular weight excluding hydrogens is 438 g/mol. The van der Waals surface area contributed by atoms with E-state index in [1.54, 1.807) is 18.2 Å². The Labute approximate surface area is 196 Å². The van der Waals surface area contributed by atoms with Crippen LogP contribution >= 0.6 is 0 Å². The predicted octanol–water partition coefficient (Wildman–Crippen LogP) is 3.80. The molecule has 1 aliphatic rings. The van der Waals surface area contributed by atoms with E-state index in [-0.39, 0.29) is 11.4 Å². The van der Waals surface area contributed by atoms with Gasteiger partial charge < -0.3 is 19.9 Å². The number of carbonyl (C=O) groups is 1. The van der Waals surface area contributed by atoms with Crippen LogP contribution in [0.4, 0.5) is 33.5 Å². The summed E-state index contributed by atoms with van der Waals surface area (Å²) < 4.78 is 5.19. The molecule has 11 heteroatoms. The second kappa shape index (κ2) is 10.1. The molecule has 0 unspecified atom stereocenters. The Morgan fingerprint density at radius 2 is 1.74 bits per heavy atom. The fraction of sp³-hybridized carbons (Fsp3) is 0.261. The van der Waals surface area contributed by atoms with E-state index in [1.807, 2.05) is 19.1 Å². The lowest BCUT2D eigenvalue weighted by molar-refractivity contribution is -0.384. The lowest BCUT2D eigenvalue weighted by atomic mass is 10.2. The van der Waals surface area contributed by atoms with E-state index in [2.05, 4.69) is 37.4 Å². The predicted molar refractivity (Wildman–Crippen MR) is 129 cm³/mol. The molecular formula is C23H25N7O4. The summed E-state index contributed by atoms with van der Waals surface area (Å²) in [5.74, 6) is 2.40. The fourth-order valence-corrected chi connectivity index (χ4v) is 3.52. The largest absolute Gasteiger partial charge is 0.417 e. The number of non-ortho nitro benzene ring substituents is 1. The number of amides is 1. The van der Waals surface area contributed by atoms with Gasteiger partial charge in [0.05, 0.1) is 4.92 Å². The zero-order valence-corrected chi connectivity index (χ0v) is 18.9. The summed E-state index contributed by atoms with van der Waals surface area (Å²) in [6.45, 7) is 5.63. The van der Waals surface area contributed by atoms with Gasteiger partial charge >= 0.3 is 6.09 Å². The number of nitrogens with one attached hydrogen (secondary N) is 2. The van der Waals surface area contributed by atoms with Crippen molar-refractivity contribution in [1.29, 1.82) is 0 Å². The number of ether oxygens (including phenoxy) is 1. The third kappa shape index (κ3) is 5.95. The van der Waals surface area contributed by atoms with Crippen molar-refractivity contribution in [3.63, 3.8) is 0 Å². The number of piperazine rings is 1. The quantitative estimate of drug-likeness (QED) is 0.415. The number of aryl methyl sites for hydroxylation is 1. The van der Waals surface area contributed by atoms with Gasteiger partial charge in [0, 0.05) is 55.8 Å². The molecule has 0 atom stereocenters. The number of anilines is 4. The summed E-state index contributed by atoms with van der Waals surface area (Å²) >= 11 is 0. The van der Waals surface area contributed by atoms with Gasteiger partial charge in [-0.25, -0.2) is 14.8 Å². The van der Waals surface area contributed by atoms with Crippen molar-refractivity contribution < 1.29 is 14.5 Å². The van der Waals surface area contributed by atoms with Crippen molar-refractivity contribution in [3.05, 3.63) is 70.5 Å². The molecule has 3 aromatic rings. The van der Waals surface area contributed by atoms with Crippen molar-refractivity contribution in [2.75, 3.05) is 48.8 Å². The van der Waals surface area contributed by atoms with Crippen molar-refractivity contribution in [1.82, 2.24) is 14.9 Å². The molecule has 1 aliphatic heterocycles. The molecule has 34 heavy (non-hydrogen) atoms. The molecule has 11 nitrogen and oxygen atoms in total. The lowest BCUT2D eigenvalue weighted by Crippen LogP contribution is -2.44. The number of hydrogen-bond donors (Lipinski definition) is 2. The number of benzene rings is 2. The highest BCUT2D eigenvalue weighted by Gasteiger charge is 2.17. The Morgan fingerprint density at radius 1 is 1.03 bits per heavy atom. The summed E-state index contributed by atoms with van der Waals surface area (Å²) in [5, 5.41) is 16.7. The summed E-state index contributed by atoms with van der Waals surface area (Å²) in [7, 11) is 2.11. The standard InChI is InChI=1S/C23H25N7O4/c1-16-24-21(15-22(25-16)29-12-10-28(2)11-13-29)26-17-4-3-5-18(14-17)27-23(31)34-20-8-6-19(7-9-20)30(32)33/h3-9,14-15H,10-13H2,1-2H3,(H,27,31)(H,24,25,26). The van der Waals surface area contributed by atoms with Crippen LogP contribution in [-0.4, -0.2) is 59.1 Å². The average molecular weight is 463 g/mol. The first kappa shape index (κ1) is 22.9. The van der Waals surface area contributed by atoms with E-state index >= 15 is 0 Å². The SMILES string of the molecule is Cc1nc(Nc2cccc(NC(=O)Oc3ccc([N+](=O)[O-])cc3)c2)cc(N2CCN(C)CC2)n1. The summed E-state index contributed by atoms with van der Waals surface area (Å²) in [4.78, 5) is 36.1.